The molecule has 0 radical (unpaired) electrons. The first-order chi connectivity index (χ1) is 7.14. The molecule has 0 spiro atoms. The molecular formula is C13H28N2O. The minimum atomic E-state index is -0.255. The molecule has 3 nitrogen and oxygen atoms in total. The average Bonchev–Trinajstić information content (AvgIpc) is 2.15. The maximum atomic E-state index is 11.9. The molecule has 2 atom stereocenters. The van der Waals surface area contributed by atoms with Crippen molar-refractivity contribution in [2.75, 3.05) is 6.54 Å². The largest absolute Gasteiger partial charge is 0.350 e. The highest BCUT2D eigenvalue weighted by Crippen LogP contribution is 2.28. The second kappa shape index (κ2) is 5.67. The van der Waals surface area contributed by atoms with E-state index >= 15 is 0 Å². The van der Waals surface area contributed by atoms with E-state index < -0.39 is 0 Å². The van der Waals surface area contributed by atoms with Crippen LogP contribution in [0.15, 0.2) is 0 Å². The monoisotopic (exact) mass is 228 g/mol. The summed E-state index contributed by atoms with van der Waals surface area (Å²) in [7, 11) is 0. The van der Waals surface area contributed by atoms with E-state index in [1.54, 1.807) is 0 Å². The molecule has 0 fully saturated rings. The molecule has 3 heteroatoms. The van der Waals surface area contributed by atoms with Crippen molar-refractivity contribution in [1.29, 1.82) is 0 Å². The molecule has 96 valence electrons. The lowest BCUT2D eigenvalue weighted by Crippen LogP contribution is -2.51. The van der Waals surface area contributed by atoms with Gasteiger partial charge in [0, 0.05) is 18.5 Å². The topological polar surface area (TPSA) is 55.1 Å². The van der Waals surface area contributed by atoms with Crippen LogP contribution < -0.4 is 11.1 Å². The van der Waals surface area contributed by atoms with E-state index in [1.807, 2.05) is 13.8 Å². The summed E-state index contributed by atoms with van der Waals surface area (Å²) >= 11 is 0. The van der Waals surface area contributed by atoms with Crippen LogP contribution in [0.2, 0.25) is 0 Å². The first-order valence-electron chi connectivity index (χ1n) is 6.15. The summed E-state index contributed by atoms with van der Waals surface area (Å²) in [6.07, 6.45) is 1.43. The Kier molecular flexibility index (Phi) is 5.47. The van der Waals surface area contributed by atoms with Crippen LogP contribution in [0.25, 0.3) is 0 Å². The number of carbonyl (C=O) groups excluding carboxylic acids is 1. The molecule has 0 aromatic carbocycles. The number of carbonyl (C=O) groups is 1. The van der Waals surface area contributed by atoms with Gasteiger partial charge in [0.15, 0.2) is 0 Å². The van der Waals surface area contributed by atoms with Gasteiger partial charge in [-0.05, 0) is 24.7 Å². The predicted molar refractivity (Wildman–Crippen MR) is 69.1 cm³/mol. The maximum Gasteiger partial charge on any atom is 0.220 e. The van der Waals surface area contributed by atoms with Gasteiger partial charge in [-0.3, -0.25) is 4.79 Å². The zero-order valence-electron chi connectivity index (χ0n) is 11.7. The predicted octanol–water partition coefficient (Wildman–Crippen LogP) is 2.30. The lowest BCUT2D eigenvalue weighted by molar-refractivity contribution is -0.124. The molecule has 3 N–H and O–H groups in total. The normalized spacial score (nSPS) is 17.7. The van der Waals surface area contributed by atoms with Gasteiger partial charge in [-0.2, -0.15) is 0 Å². The van der Waals surface area contributed by atoms with Crippen molar-refractivity contribution in [3.05, 3.63) is 0 Å². The maximum absolute atomic E-state index is 11.9. The molecule has 0 rings (SSSR count). The van der Waals surface area contributed by atoms with E-state index in [0.29, 0.717) is 18.9 Å². The van der Waals surface area contributed by atoms with Crippen molar-refractivity contribution < 1.29 is 4.79 Å². The first kappa shape index (κ1) is 15.4. The molecule has 0 aliphatic carbocycles. The van der Waals surface area contributed by atoms with Crippen LogP contribution >= 0.6 is 0 Å². The highest BCUT2D eigenvalue weighted by molar-refractivity contribution is 5.77. The van der Waals surface area contributed by atoms with Gasteiger partial charge in [-0.15, -0.1) is 0 Å². The Bertz CT molecular complexity index is 227. The van der Waals surface area contributed by atoms with Gasteiger partial charge in [-0.25, -0.2) is 0 Å². The smallest absolute Gasteiger partial charge is 0.220 e. The van der Waals surface area contributed by atoms with Crippen molar-refractivity contribution in [3.8, 4) is 0 Å². The minimum absolute atomic E-state index is 0.109. The van der Waals surface area contributed by atoms with Crippen LogP contribution in [0.5, 0.6) is 0 Å². The van der Waals surface area contributed by atoms with Crippen LogP contribution in [0.4, 0.5) is 0 Å². The Morgan fingerprint density at radius 2 is 1.81 bits per heavy atom. The number of hydrogen-bond acceptors (Lipinski definition) is 2. The van der Waals surface area contributed by atoms with Crippen LogP contribution in [-0.2, 0) is 4.79 Å². The number of amides is 1. The van der Waals surface area contributed by atoms with E-state index in [-0.39, 0.29) is 16.9 Å². The summed E-state index contributed by atoms with van der Waals surface area (Å²) in [5.74, 6) is 0.476. The van der Waals surface area contributed by atoms with Crippen molar-refractivity contribution in [2.45, 2.75) is 59.9 Å². The Balaban J connectivity index is 4.29. The minimum Gasteiger partial charge on any atom is -0.350 e. The van der Waals surface area contributed by atoms with Gasteiger partial charge in [0.2, 0.25) is 5.91 Å². The molecule has 16 heavy (non-hydrogen) atoms. The number of nitrogens with one attached hydrogen (secondary N) is 1. The second-order valence-electron chi connectivity index (χ2n) is 6.14. The van der Waals surface area contributed by atoms with Crippen LogP contribution in [0, 0.1) is 11.3 Å². The number of nitrogens with two attached hydrogens (primary N) is 1. The third kappa shape index (κ3) is 4.97. The fourth-order valence-electron chi connectivity index (χ4n) is 1.26. The zero-order valence-corrected chi connectivity index (χ0v) is 11.7. The summed E-state index contributed by atoms with van der Waals surface area (Å²) in [6.45, 7) is 13.1. The lowest BCUT2D eigenvalue weighted by Gasteiger charge is -2.31. The molecule has 0 saturated carbocycles. The summed E-state index contributed by atoms with van der Waals surface area (Å²) in [4.78, 5) is 11.9. The molecule has 0 saturated heterocycles. The van der Waals surface area contributed by atoms with Crippen LogP contribution in [0.1, 0.15) is 54.4 Å². The molecule has 0 aliphatic heterocycles. The first-order valence-corrected chi connectivity index (χ1v) is 6.15. The van der Waals surface area contributed by atoms with E-state index in [4.69, 9.17) is 5.73 Å². The van der Waals surface area contributed by atoms with Gasteiger partial charge in [0.25, 0.3) is 0 Å². The summed E-state index contributed by atoms with van der Waals surface area (Å²) in [6, 6.07) is 0. The van der Waals surface area contributed by atoms with Gasteiger partial charge in [0.1, 0.15) is 0 Å². The Labute approximate surface area is 100 Å². The number of rotatable bonds is 5. The molecular weight excluding hydrogens is 200 g/mol. The SMILES string of the molecule is CCC(C)(CN)NC(=O)CC(C)C(C)(C)C. The highest BCUT2D eigenvalue weighted by Gasteiger charge is 2.26. The van der Waals surface area contributed by atoms with Gasteiger partial charge < -0.3 is 11.1 Å². The molecule has 0 heterocycles. The van der Waals surface area contributed by atoms with Crippen molar-refractivity contribution in [1.82, 2.24) is 5.32 Å². The molecule has 2 unspecified atom stereocenters. The van der Waals surface area contributed by atoms with E-state index in [0.717, 1.165) is 6.42 Å². The quantitative estimate of drug-likeness (QED) is 0.758. The van der Waals surface area contributed by atoms with Gasteiger partial charge in [0.05, 0.1) is 0 Å². The molecule has 0 bridgehead atoms. The van der Waals surface area contributed by atoms with Gasteiger partial charge >= 0.3 is 0 Å². The Hall–Kier alpha value is -0.570. The molecule has 0 aromatic heterocycles. The Morgan fingerprint density at radius 1 is 1.31 bits per heavy atom. The van der Waals surface area contributed by atoms with Crippen molar-refractivity contribution >= 4 is 5.91 Å². The number of hydrogen-bond donors (Lipinski definition) is 2. The van der Waals surface area contributed by atoms with E-state index in [1.165, 1.54) is 0 Å². The van der Waals surface area contributed by atoms with Crippen molar-refractivity contribution in [2.24, 2.45) is 17.1 Å². The summed E-state index contributed by atoms with van der Waals surface area (Å²) < 4.78 is 0. The standard InChI is InChI=1S/C13H28N2O/c1-7-13(6,9-14)15-11(16)8-10(2)12(3,4)5/h10H,7-9,14H2,1-6H3,(H,15,16). The lowest BCUT2D eigenvalue weighted by atomic mass is 9.80. The van der Waals surface area contributed by atoms with Gasteiger partial charge in [-0.1, -0.05) is 34.6 Å². The fourth-order valence-corrected chi connectivity index (χ4v) is 1.26. The zero-order chi connectivity index (χ0) is 13.0. The molecule has 1 amide bonds. The third-order valence-electron chi connectivity index (χ3n) is 3.64. The van der Waals surface area contributed by atoms with Crippen LogP contribution in [0.3, 0.4) is 0 Å². The summed E-state index contributed by atoms with van der Waals surface area (Å²) in [5, 5.41) is 3.03. The fraction of sp³-hybridized carbons (Fsp3) is 0.923. The summed E-state index contributed by atoms with van der Waals surface area (Å²) in [5.41, 5.74) is 5.58. The van der Waals surface area contributed by atoms with Crippen molar-refractivity contribution in [3.63, 3.8) is 0 Å². The second-order valence-corrected chi connectivity index (χ2v) is 6.14. The Morgan fingerprint density at radius 3 is 2.12 bits per heavy atom. The molecule has 0 aliphatic rings. The van der Waals surface area contributed by atoms with E-state index in [9.17, 15) is 4.79 Å². The van der Waals surface area contributed by atoms with Crippen LogP contribution in [-0.4, -0.2) is 18.0 Å². The average molecular weight is 228 g/mol. The molecule has 0 aromatic rings. The highest BCUT2D eigenvalue weighted by atomic mass is 16.1. The third-order valence-corrected chi connectivity index (χ3v) is 3.64. The van der Waals surface area contributed by atoms with E-state index in [2.05, 4.69) is 33.0 Å².